The Bertz CT molecular complexity index is 396. The van der Waals surface area contributed by atoms with E-state index < -0.39 is 0 Å². The van der Waals surface area contributed by atoms with Crippen LogP contribution in [0.2, 0.25) is 0 Å². The van der Waals surface area contributed by atoms with Gasteiger partial charge in [-0.15, -0.1) is 0 Å². The fourth-order valence-electron chi connectivity index (χ4n) is 4.07. The molecule has 0 aliphatic heterocycles. The van der Waals surface area contributed by atoms with E-state index in [-0.39, 0.29) is 0 Å². The van der Waals surface area contributed by atoms with Crippen molar-refractivity contribution in [1.29, 1.82) is 0 Å². The second-order valence-corrected chi connectivity index (χ2v) is 5.62. The minimum absolute atomic E-state index is 0.356. The molecule has 0 amide bonds. The molecule has 16 heavy (non-hydrogen) atoms. The Morgan fingerprint density at radius 1 is 1.31 bits per heavy atom. The van der Waals surface area contributed by atoms with Gasteiger partial charge in [-0.05, 0) is 50.4 Å². The van der Waals surface area contributed by atoms with Crippen molar-refractivity contribution in [3.05, 3.63) is 35.4 Å². The van der Waals surface area contributed by atoms with E-state index in [1.54, 1.807) is 11.1 Å². The predicted molar refractivity (Wildman–Crippen MR) is 67.5 cm³/mol. The number of benzene rings is 1. The second kappa shape index (κ2) is 3.59. The van der Waals surface area contributed by atoms with E-state index in [0.29, 0.717) is 5.54 Å². The van der Waals surface area contributed by atoms with Gasteiger partial charge in [0.15, 0.2) is 0 Å². The van der Waals surface area contributed by atoms with Crippen LogP contribution in [0.15, 0.2) is 24.3 Å². The van der Waals surface area contributed by atoms with Crippen LogP contribution in [0.3, 0.4) is 0 Å². The molecule has 0 bridgehead atoms. The average molecular weight is 217 g/mol. The van der Waals surface area contributed by atoms with Gasteiger partial charge >= 0.3 is 0 Å². The highest BCUT2D eigenvalue weighted by molar-refractivity contribution is 5.40. The van der Waals surface area contributed by atoms with Crippen LogP contribution < -0.4 is 0 Å². The van der Waals surface area contributed by atoms with Crippen LogP contribution in [0.25, 0.3) is 0 Å². The van der Waals surface area contributed by atoms with Crippen molar-refractivity contribution in [2.75, 3.05) is 14.1 Å². The summed E-state index contributed by atoms with van der Waals surface area (Å²) in [6, 6.07) is 9.10. The molecule has 0 N–H and O–H groups in total. The highest BCUT2D eigenvalue weighted by atomic mass is 15.4. The number of rotatable bonds is 1. The van der Waals surface area contributed by atoms with Crippen LogP contribution >= 0.6 is 0 Å². The molecule has 2 atom stereocenters. The maximum absolute atomic E-state index is 2.49. The molecule has 3 rings (SSSR count). The lowest BCUT2D eigenvalue weighted by molar-refractivity contribution is 0.0486. The molecular formula is C15H21N. The molecule has 0 heterocycles. The maximum atomic E-state index is 2.49. The monoisotopic (exact) mass is 217 g/mol. The second-order valence-electron chi connectivity index (χ2n) is 5.62. The molecule has 1 saturated carbocycles. The summed E-state index contributed by atoms with van der Waals surface area (Å²) in [6.07, 6.45) is 6.88. The molecule has 2 aliphatic rings. The van der Waals surface area contributed by atoms with Gasteiger partial charge in [-0.25, -0.2) is 0 Å². The van der Waals surface area contributed by atoms with Crippen molar-refractivity contribution in [3.8, 4) is 0 Å². The Balaban J connectivity index is 2.14. The molecule has 1 heteroatoms. The Morgan fingerprint density at radius 3 is 2.94 bits per heavy atom. The topological polar surface area (TPSA) is 3.24 Å². The molecule has 0 saturated heterocycles. The van der Waals surface area contributed by atoms with Crippen LogP contribution in [-0.2, 0) is 12.0 Å². The molecule has 0 radical (unpaired) electrons. The lowest BCUT2D eigenvalue weighted by Crippen LogP contribution is -2.47. The molecule has 1 fully saturated rings. The van der Waals surface area contributed by atoms with Crippen LogP contribution in [0.1, 0.15) is 36.8 Å². The summed E-state index contributed by atoms with van der Waals surface area (Å²) in [5.74, 6) is 0.855. The van der Waals surface area contributed by atoms with Crippen molar-refractivity contribution in [2.24, 2.45) is 5.92 Å². The molecule has 86 valence electrons. The number of hydrogen-bond acceptors (Lipinski definition) is 1. The minimum Gasteiger partial charge on any atom is -0.299 e. The Labute approximate surface area is 98.5 Å². The molecule has 1 aromatic carbocycles. The van der Waals surface area contributed by atoms with Gasteiger partial charge < -0.3 is 0 Å². The number of nitrogens with zero attached hydrogens (tertiary/aromatic N) is 1. The first-order valence-corrected chi connectivity index (χ1v) is 6.51. The van der Waals surface area contributed by atoms with Crippen molar-refractivity contribution >= 4 is 0 Å². The predicted octanol–water partition coefficient (Wildman–Crippen LogP) is 3.19. The van der Waals surface area contributed by atoms with Crippen molar-refractivity contribution in [3.63, 3.8) is 0 Å². The molecular weight excluding hydrogens is 196 g/mol. The maximum Gasteiger partial charge on any atom is 0.0489 e. The van der Waals surface area contributed by atoms with Gasteiger partial charge in [-0.2, -0.15) is 0 Å². The van der Waals surface area contributed by atoms with Crippen LogP contribution in [0.4, 0.5) is 0 Å². The summed E-state index contributed by atoms with van der Waals surface area (Å²) in [5, 5.41) is 0. The zero-order chi connectivity index (χ0) is 11.2. The Kier molecular flexibility index (Phi) is 2.32. The summed E-state index contributed by atoms with van der Waals surface area (Å²) in [6.45, 7) is 0. The van der Waals surface area contributed by atoms with Crippen molar-refractivity contribution in [1.82, 2.24) is 4.90 Å². The quantitative estimate of drug-likeness (QED) is 0.698. The van der Waals surface area contributed by atoms with Gasteiger partial charge in [0, 0.05) is 5.54 Å². The van der Waals surface area contributed by atoms with Gasteiger partial charge in [0.05, 0.1) is 0 Å². The fourth-order valence-corrected chi connectivity index (χ4v) is 4.07. The van der Waals surface area contributed by atoms with E-state index in [4.69, 9.17) is 0 Å². The minimum atomic E-state index is 0.356. The van der Waals surface area contributed by atoms with E-state index >= 15 is 0 Å². The van der Waals surface area contributed by atoms with Gasteiger partial charge in [0.25, 0.3) is 0 Å². The third kappa shape index (κ3) is 1.21. The molecule has 1 aromatic rings. The van der Waals surface area contributed by atoms with Crippen LogP contribution in [0, 0.1) is 5.92 Å². The third-order valence-electron chi connectivity index (χ3n) is 4.78. The number of fused-ring (bicyclic) bond motifs is 3. The fraction of sp³-hybridized carbons (Fsp3) is 0.600. The first-order valence-electron chi connectivity index (χ1n) is 6.51. The van der Waals surface area contributed by atoms with E-state index in [9.17, 15) is 0 Å². The summed E-state index contributed by atoms with van der Waals surface area (Å²) in [4.78, 5) is 2.49. The lowest BCUT2D eigenvalue weighted by Gasteiger charge is -2.45. The average Bonchev–Trinajstić information content (AvgIpc) is 2.64. The van der Waals surface area contributed by atoms with Crippen LogP contribution in [-0.4, -0.2) is 19.0 Å². The van der Waals surface area contributed by atoms with Gasteiger partial charge in [-0.1, -0.05) is 37.1 Å². The Morgan fingerprint density at radius 2 is 2.12 bits per heavy atom. The molecule has 0 aromatic heterocycles. The van der Waals surface area contributed by atoms with E-state index in [2.05, 4.69) is 43.3 Å². The van der Waals surface area contributed by atoms with Gasteiger partial charge in [0.2, 0.25) is 0 Å². The molecule has 2 aliphatic carbocycles. The standard InChI is InChI=1S/C15H21N/c1-16(2)15-10-6-5-8-13(15)11-12-7-3-4-9-14(12)15/h3-4,7,9,13H,5-6,8,10-11H2,1-2H3/i1+2. The highest BCUT2D eigenvalue weighted by Crippen LogP contribution is 2.52. The summed E-state index contributed by atoms with van der Waals surface area (Å²) < 4.78 is 0. The highest BCUT2D eigenvalue weighted by Gasteiger charge is 2.48. The SMILES string of the molecule is CN([14CH3])C12CCCCC1Cc1ccccc12. The molecule has 2 unspecified atom stereocenters. The third-order valence-corrected chi connectivity index (χ3v) is 4.78. The molecule has 1 nitrogen and oxygen atoms in total. The summed E-state index contributed by atoms with van der Waals surface area (Å²) in [5.41, 5.74) is 3.57. The van der Waals surface area contributed by atoms with E-state index in [1.165, 1.54) is 32.1 Å². The zero-order valence-corrected chi connectivity index (χ0v) is 10.4. The first-order chi connectivity index (χ1) is 7.75. The molecule has 0 spiro atoms. The van der Waals surface area contributed by atoms with E-state index in [1.807, 2.05) is 0 Å². The largest absolute Gasteiger partial charge is 0.299 e. The first kappa shape index (κ1) is 10.3. The van der Waals surface area contributed by atoms with Crippen molar-refractivity contribution < 1.29 is 0 Å². The zero-order valence-electron chi connectivity index (χ0n) is 10.4. The van der Waals surface area contributed by atoms with Crippen molar-refractivity contribution in [2.45, 2.75) is 37.6 Å². The van der Waals surface area contributed by atoms with Gasteiger partial charge in [-0.3, -0.25) is 4.90 Å². The normalized spacial score (nSPS) is 32.6. The van der Waals surface area contributed by atoms with E-state index in [0.717, 1.165) is 5.92 Å². The van der Waals surface area contributed by atoms with Gasteiger partial charge in [0.1, 0.15) is 0 Å². The van der Waals surface area contributed by atoms with Crippen LogP contribution in [0.5, 0.6) is 0 Å². The Hall–Kier alpha value is -0.820. The number of hydrogen-bond donors (Lipinski definition) is 0. The lowest BCUT2D eigenvalue weighted by atomic mass is 9.72. The summed E-state index contributed by atoms with van der Waals surface area (Å²) >= 11 is 0. The summed E-state index contributed by atoms with van der Waals surface area (Å²) in [7, 11) is 4.53. The smallest absolute Gasteiger partial charge is 0.0489 e.